The van der Waals surface area contributed by atoms with Gasteiger partial charge in [-0.15, -0.1) is 0 Å². The predicted octanol–water partition coefficient (Wildman–Crippen LogP) is 0.470. The van der Waals surface area contributed by atoms with Crippen molar-refractivity contribution in [2.75, 3.05) is 0 Å². The van der Waals surface area contributed by atoms with E-state index in [-0.39, 0.29) is 16.5 Å². The fraction of sp³-hybridized carbons (Fsp3) is 0.889. The van der Waals surface area contributed by atoms with Crippen molar-refractivity contribution in [1.29, 1.82) is 5.26 Å². The molecule has 1 aliphatic heterocycles. The molecule has 0 aliphatic carbocycles. The Morgan fingerprint density at radius 2 is 1.92 bits per heavy atom. The van der Waals surface area contributed by atoms with Crippen LogP contribution in [0.3, 0.4) is 0 Å². The molecule has 0 spiro atoms. The maximum Gasteiger partial charge on any atom is 0.108 e. The highest BCUT2D eigenvalue weighted by Gasteiger charge is 2.52. The van der Waals surface area contributed by atoms with Gasteiger partial charge >= 0.3 is 0 Å². The maximum absolute atomic E-state index is 11.8. The quantitative estimate of drug-likeness (QED) is 0.534. The molecule has 1 aliphatic rings. The molecule has 2 unspecified atom stereocenters. The molecule has 0 bridgehead atoms. The fourth-order valence-corrected chi connectivity index (χ4v) is 2.10. The van der Waals surface area contributed by atoms with Gasteiger partial charge in [-0.1, -0.05) is 0 Å². The minimum Gasteiger partial charge on any atom is -0.633 e. The molecule has 3 heteroatoms. The summed E-state index contributed by atoms with van der Waals surface area (Å²) in [5, 5.41) is 20.8. The lowest BCUT2D eigenvalue weighted by atomic mass is 9.88. The highest BCUT2D eigenvalue weighted by molar-refractivity contribution is 5.02. The summed E-state index contributed by atoms with van der Waals surface area (Å²) in [6.45, 7) is 7.60. The summed E-state index contributed by atoms with van der Waals surface area (Å²) in [5.74, 6) is -0.111. The van der Waals surface area contributed by atoms with Gasteiger partial charge in [0.2, 0.25) is 0 Å². The summed E-state index contributed by atoms with van der Waals surface area (Å²) in [5.41, 5.74) is -0.748. The average molecular weight is 168 g/mol. The molecule has 0 amide bonds. The van der Waals surface area contributed by atoms with Crippen molar-refractivity contribution in [3.8, 4) is 6.07 Å². The van der Waals surface area contributed by atoms with E-state index in [1.54, 1.807) is 0 Å². The van der Waals surface area contributed by atoms with Crippen LogP contribution in [0.1, 0.15) is 34.1 Å². The van der Waals surface area contributed by atoms with Crippen molar-refractivity contribution >= 4 is 0 Å². The third-order valence-electron chi connectivity index (χ3n) is 2.94. The maximum atomic E-state index is 11.8. The predicted molar refractivity (Wildman–Crippen MR) is 46.2 cm³/mol. The lowest BCUT2D eigenvalue weighted by Gasteiger charge is -2.40. The Morgan fingerprint density at radius 3 is 2.08 bits per heavy atom. The van der Waals surface area contributed by atoms with Crippen molar-refractivity contribution in [2.45, 2.75) is 45.2 Å². The van der Waals surface area contributed by atoms with Crippen LogP contribution in [0.4, 0.5) is 0 Å². The van der Waals surface area contributed by atoms with Gasteiger partial charge in [-0.2, -0.15) is 5.26 Å². The summed E-state index contributed by atoms with van der Waals surface area (Å²) in [6, 6.07) is 2.22. The van der Waals surface area contributed by atoms with Gasteiger partial charge in [0, 0.05) is 6.42 Å². The highest BCUT2D eigenvalue weighted by Crippen LogP contribution is 2.29. The van der Waals surface area contributed by atoms with E-state index in [1.165, 1.54) is 0 Å². The second-order valence-electron chi connectivity index (χ2n) is 4.82. The molecule has 0 aromatic rings. The van der Waals surface area contributed by atoms with Gasteiger partial charge in [0.05, 0.1) is 11.6 Å². The third kappa shape index (κ3) is 1.12. The smallest absolute Gasteiger partial charge is 0.108 e. The average Bonchev–Trinajstić information content (AvgIpc) is 2.11. The van der Waals surface area contributed by atoms with Crippen LogP contribution in [0, 0.1) is 22.5 Å². The first-order chi connectivity index (χ1) is 5.32. The van der Waals surface area contributed by atoms with Crippen LogP contribution >= 0.6 is 0 Å². The van der Waals surface area contributed by atoms with Crippen LogP contribution in [0.2, 0.25) is 0 Å². The van der Waals surface area contributed by atoms with Crippen LogP contribution in [-0.2, 0) is 0 Å². The molecule has 0 saturated carbocycles. The normalized spacial score (nSPS) is 37.7. The van der Waals surface area contributed by atoms with Gasteiger partial charge < -0.3 is 10.3 Å². The van der Waals surface area contributed by atoms with E-state index in [4.69, 9.17) is 5.26 Å². The first-order valence-electron chi connectivity index (χ1n) is 4.27. The third-order valence-corrected chi connectivity index (χ3v) is 2.94. The fourth-order valence-electron chi connectivity index (χ4n) is 2.10. The summed E-state index contributed by atoms with van der Waals surface area (Å²) >= 11 is 0. The van der Waals surface area contributed by atoms with Crippen LogP contribution in [0.25, 0.3) is 0 Å². The zero-order valence-corrected chi connectivity index (χ0v) is 8.14. The monoisotopic (exact) mass is 168 g/mol. The second kappa shape index (κ2) is 2.45. The van der Waals surface area contributed by atoms with E-state index in [1.807, 2.05) is 27.7 Å². The Kier molecular flexibility index (Phi) is 1.94. The molecule has 0 aromatic carbocycles. The van der Waals surface area contributed by atoms with Crippen LogP contribution in [0.15, 0.2) is 0 Å². The van der Waals surface area contributed by atoms with E-state index >= 15 is 0 Å². The second-order valence-corrected chi connectivity index (χ2v) is 4.82. The number of hydrogen-bond acceptors (Lipinski definition) is 2. The molecule has 68 valence electrons. The van der Waals surface area contributed by atoms with Gasteiger partial charge in [0.1, 0.15) is 11.5 Å². The van der Waals surface area contributed by atoms with E-state index in [2.05, 4.69) is 6.07 Å². The Labute approximate surface area is 73.6 Å². The molecular formula is C9H16N2O. The number of nitrogens with one attached hydrogen (secondary N) is 1. The van der Waals surface area contributed by atoms with E-state index < -0.39 is 5.54 Å². The van der Waals surface area contributed by atoms with Gasteiger partial charge in [-0.3, -0.25) is 0 Å². The van der Waals surface area contributed by atoms with E-state index in [0.717, 1.165) is 0 Å². The Hall–Kier alpha value is -0.590. The minimum atomic E-state index is -0.446. The largest absolute Gasteiger partial charge is 0.633 e. The van der Waals surface area contributed by atoms with Crippen molar-refractivity contribution in [1.82, 2.24) is 0 Å². The molecule has 0 aromatic heterocycles. The SMILES string of the molecule is CC1(C)CC(C#N)C(C)(C)[NH+]1[O-]. The van der Waals surface area contributed by atoms with Crippen LogP contribution < -0.4 is 5.06 Å². The van der Waals surface area contributed by atoms with Crippen molar-refractivity contribution < 1.29 is 5.06 Å². The first-order valence-corrected chi connectivity index (χ1v) is 4.27. The Morgan fingerprint density at radius 1 is 1.42 bits per heavy atom. The molecule has 1 N–H and O–H groups in total. The lowest BCUT2D eigenvalue weighted by Crippen LogP contribution is -3.19. The number of hydrogen-bond donors (Lipinski definition) is 1. The molecule has 3 nitrogen and oxygen atoms in total. The number of nitrogens with zero attached hydrogens (tertiary/aromatic N) is 1. The van der Waals surface area contributed by atoms with Gasteiger partial charge in [-0.25, -0.2) is 0 Å². The molecule has 2 atom stereocenters. The van der Waals surface area contributed by atoms with Crippen molar-refractivity contribution in [2.24, 2.45) is 5.92 Å². The summed E-state index contributed by atoms with van der Waals surface area (Å²) in [6.07, 6.45) is 0.704. The van der Waals surface area contributed by atoms with E-state index in [0.29, 0.717) is 6.42 Å². The molecule has 1 heterocycles. The molecule has 1 fully saturated rings. The number of hydroxylamine groups is 2. The zero-order chi connectivity index (χ0) is 9.57. The van der Waals surface area contributed by atoms with Crippen molar-refractivity contribution in [3.05, 3.63) is 5.21 Å². The lowest BCUT2D eigenvalue weighted by molar-refractivity contribution is -0.933. The standard InChI is InChI=1S/C9H16N2O/c1-8(2)5-7(6-10)9(3,4)11(8)12/h7,11H,5H2,1-4H3. The molecule has 0 radical (unpaired) electrons. The highest BCUT2D eigenvalue weighted by atomic mass is 16.5. The van der Waals surface area contributed by atoms with Crippen LogP contribution in [0.5, 0.6) is 0 Å². The van der Waals surface area contributed by atoms with Crippen molar-refractivity contribution in [3.63, 3.8) is 0 Å². The van der Waals surface area contributed by atoms with E-state index in [9.17, 15) is 5.21 Å². The first kappa shape index (κ1) is 9.50. The number of quaternary nitrogens is 1. The number of rotatable bonds is 0. The minimum absolute atomic E-state index is 0.111. The molecule has 12 heavy (non-hydrogen) atoms. The zero-order valence-electron chi connectivity index (χ0n) is 8.14. The summed E-state index contributed by atoms with van der Waals surface area (Å²) < 4.78 is 0. The number of nitriles is 1. The summed E-state index contributed by atoms with van der Waals surface area (Å²) in [4.78, 5) is 0. The van der Waals surface area contributed by atoms with Gasteiger partial charge in [0.15, 0.2) is 0 Å². The molecule has 1 saturated heterocycles. The van der Waals surface area contributed by atoms with Gasteiger partial charge in [-0.05, 0) is 27.7 Å². The molecule has 1 rings (SSSR count). The van der Waals surface area contributed by atoms with Gasteiger partial charge in [0.25, 0.3) is 0 Å². The topological polar surface area (TPSA) is 51.3 Å². The van der Waals surface area contributed by atoms with Crippen LogP contribution in [-0.4, -0.2) is 11.1 Å². The Balaban J connectivity index is 2.98. The molecular weight excluding hydrogens is 152 g/mol. The summed E-state index contributed by atoms with van der Waals surface area (Å²) in [7, 11) is 0. The Bertz CT molecular complexity index is 227.